The van der Waals surface area contributed by atoms with E-state index in [4.69, 9.17) is 17.3 Å². The van der Waals surface area contributed by atoms with Crippen LogP contribution in [-0.2, 0) is 0 Å². The first-order valence-electron chi connectivity index (χ1n) is 4.36. The molecule has 1 aromatic rings. The summed E-state index contributed by atoms with van der Waals surface area (Å²) in [5.74, 6) is 0.725. The molecule has 2 rings (SSSR count). The molecule has 1 aliphatic rings. The molecule has 0 bridgehead atoms. The second kappa shape index (κ2) is 3.82. The molecule has 1 atom stereocenters. The molecule has 0 spiro atoms. The minimum atomic E-state index is 0.266. The van der Waals surface area contributed by atoms with Crippen LogP contribution in [0.5, 0.6) is 0 Å². The fraction of sp³-hybridized carbons (Fsp3) is 0.625. The largest absolute Gasteiger partial charge is 0.360 e. The molecule has 72 valence electrons. The second-order valence-electron chi connectivity index (χ2n) is 3.36. The molecular formula is C8H12ClN3S. The van der Waals surface area contributed by atoms with Gasteiger partial charge in [0.25, 0.3) is 0 Å². The lowest BCUT2D eigenvalue weighted by Gasteiger charge is -2.09. The quantitative estimate of drug-likeness (QED) is 0.811. The van der Waals surface area contributed by atoms with E-state index < -0.39 is 0 Å². The van der Waals surface area contributed by atoms with Gasteiger partial charge in [-0.05, 0) is 18.8 Å². The molecule has 1 unspecified atom stereocenters. The number of hydrogen-bond acceptors (Lipinski definition) is 4. The third-order valence-electron chi connectivity index (χ3n) is 2.19. The molecule has 3 nitrogen and oxygen atoms in total. The lowest BCUT2D eigenvalue weighted by molar-refractivity contribution is 0.621. The molecule has 0 amide bonds. The van der Waals surface area contributed by atoms with E-state index in [9.17, 15) is 0 Å². The SMILES string of the molecule is NC(CNc1nc(Cl)cs1)C1CC1. The van der Waals surface area contributed by atoms with Crippen molar-refractivity contribution in [2.45, 2.75) is 18.9 Å². The molecule has 0 radical (unpaired) electrons. The number of nitrogens with zero attached hydrogens (tertiary/aromatic N) is 1. The van der Waals surface area contributed by atoms with Crippen LogP contribution in [0.1, 0.15) is 12.8 Å². The van der Waals surface area contributed by atoms with E-state index in [1.165, 1.54) is 24.2 Å². The Bertz CT molecular complexity index is 285. The van der Waals surface area contributed by atoms with Gasteiger partial charge in [-0.25, -0.2) is 4.98 Å². The third kappa shape index (κ3) is 2.56. The Labute approximate surface area is 86.3 Å². The average Bonchev–Trinajstić information content (AvgIpc) is 2.87. The van der Waals surface area contributed by atoms with Crippen LogP contribution in [0.4, 0.5) is 5.13 Å². The maximum atomic E-state index is 5.91. The highest BCUT2D eigenvalue weighted by Crippen LogP contribution is 2.31. The van der Waals surface area contributed by atoms with Crippen LogP contribution in [0.15, 0.2) is 5.38 Å². The average molecular weight is 218 g/mol. The lowest BCUT2D eigenvalue weighted by atomic mass is 10.2. The summed E-state index contributed by atoms with van der Waals surface area (Å²) in [4.78, 5) is 4.08. The molecule has 1 aromatic heterocycles. The minimum Gasteiger partial charge on any atom is -0.360 e. The molecule has 0 aromatic carbocycles. The molecule has 1 fully saturated rings. The van der Waals surface area contributed by atoms with Gasteiger partial charge >= 0.3 is 0 Å². The van der Waals surface area contributed by atoms with E-state index in [0.717, 1.165) is 17.6 Å². The molecule has 1 heterocycles. The van der Waals surface area contributed by atoms with E-state index in [-0.39, 0.29) is 6.04 Å². The lowest BCUT2D eigenvalue weighted by Crippen LogP contribution is -2.30. The Balaban J connectivity index is 1.78. The van der Waals surface area contributed by atoms with Crippen LogP contribution in [0.25, 0.3) is 0 Å². The Morgan fingerprint density at radius 3 is 3.08 bits per heavy atom. The van der Waals surface area contributed by atoms with Gasteiger partial charge in [0.15, 0.2) is 5.13 Å². The summed E-state index contributed by atoms with van der Waals surface area (Å²) in [7, 11) is 0. The number of halogens is 1. The van der Waals surface area contributed by atoms with Crippen molar-refractivity contribution in [3.63, 3.8) is 0 Å². The van der Waals surface area contributed by atoms with Gasteiger partial charge in [0.05, 0.1) is 0 Å². The topological polar surface area (TPSA) is 50.9 Å². The van der Waals surface area contributed by atoms with Gasteiger partial charge in [0, 0.05) is 18.0 Å². The summed E-state index contributed by atoms with van der Waals surface area (Å²) in [6.45, 7) is 0.800. The van der Waals surface area contributed by atoms with E-state index in [0.29, 0.717) is 5.15 Å². The number of hydrogen-bond donors (Lipinski definition) is 2. The Hall–Kier alpha value is -0.320. The molecule has 0 aliphatic heterocycles. The highest BCUT2D eigenvalue weighted by molar-refractivity contribution is 7.14. The van der Waals surface area contributed by atoms with Crippen molar-refractivity contribution in [1.82, 2.24) is 4.98 Å². The first-order chi connectivity index (χ1) is 6.25. The molecule has 3 N–H and O–H groups in total. The maximum Gasteiger partial charge on any atom is 0.184 e. The highest BCUT2D eigenvalue weighted by atomic mass is 35.5. The minimum absolute atomic E-state index is 0.266. The van der Waals surface area contributed by atoms with E-state index in [1.54, 1.807) is 0 Å². The van der Waals surface area contributed by atoms with Gasteiger partial charge in [-0.2, -0.15) is 0 Å². The fourth-order valence-corrected chi connectivity index (χ4v) is 2.08. The van der Waals surface area contributed by atoms with Gasteiger partial charge < -0.3 is 11.1 Å². The summed E-state index contributed by atoms with van der Waals surface area (Å²) in [5, 5.41) is 6.41. The van der Waals surface area contributed by atoms with Crippen molar-refractivity contribution in [1.29, 1.82) is 0 Å². The highest BCUT2D eigenvalue weighted by Gasteiger charge is 2.28. The summed E-state index contributed by atoms with van der Waals surface area (Å²) >= 11 is 7.19. The first-order valence-corrected chi connectivity index (χ1v) is 5.62. The van der Waals surface area contributed by atoms with Crippen LogP contribution in [0.2, 0.25) is 5.15 Å². The molecule has 1 saturated carbocycles. The maximum absolute atomic E-state index is 5.91. The van der Waals surface area contributed by atoms with Crippen LogP contribution >= 0.6 is 22.9 Å². The monoisotopic (exact) mass is 217 g/mol. The summed E-state index contributed by atoms with van der Waals surface area (Å²) in [6, 6.07) is 0.266. The molecule has 13 heavy (non-hydrogen) atoms. The van der Waals surface area contributed by atoms with E-state index >= 15 is 0 Å². The van der Waals surface area contributed by atoms with Crippen molar-refractivity contribution in [3.8, 4) is 0 Å². The molecule has 1 aliphatic carbocycles. The van der Waals surface area contributed by atoms with Crippen molar-refractivity contribution in [3.05, 3.63) is 10.5 Å². The van der Waals surface area contributed by atoms with E-state index in [1.807, 2.05) is 5.38 Å². The van der Waals surface area contributed by atoms with Crippen LogP contribution in [-0.4, -0.2) is 17.6 Å². The number of nitrogens with one attached hydrogen (secondary N) is 1. The van der Waals surface area contributed by atoms with Crippen molar-refractivity contribution >= 4 is 28.1 Å². The Morgan fingerprint density at radius 1 is 1.77 bits per heavy atom. The van der Waals surface area contributed by atoms with Crippen LogP contribution in [0, 0.1) is 5.92 Å². The van der Waals surface area contributed by atoms with Gasteiger partial charge in [-0.15, -0.1) is 11.3 Å². The third-order valence-corrected chi connectivity index (χ3v) is 3.32. The van der Waals surface area contributed by atoms with Gasteiger partial charge in [-0.1, -0.05) is 11.6 Å². The van der Waals surface area contributed by atoms with E-state index in [2.05, 4.69) is 10.3 Å². The normalized spacial score (nSPS) is 18.6. The number of aromatic nitrogens is 1. The van der Waals surface area contributed by atoms with Crippen LogP contribution < -0.4 is 11.1 Å². The number of anilines is 1. The van der Waals surface area contributed by atoms with Crippen LogP contribution in [0.3, 0.4) is 0 Å². The number of nitrogens with two attached hydrogens (primary N) is 1. The number of rotatable bonds is 4. The molecular weight excluding hydrogens is 206 g/mol. The Morgan fingerprint density at radius 2 is 2.54 bits per heavy atom. The summed E-state index contributed by atoms with van der Waals surface area (Å²) in [6.07, 6.45) is 2.56. The standard InChI is InChI=1S/C8H12ClN3S/c9-7-4-13-8(12-7)11-3-6(10)5-1-2-5/h4-6H,1-3,10H2,(H,11,12). The first kappa shape index (κ1) is 9.24. The summed E-state index contributed by atoms with van der Waals surface area (Å²) < 4.78 is 0. The number of thiazole rings is 1. The van der Waals surface area contributed by atoms with Gasteiger partial charge in [-0.3, -0.25) is 0 Å². The summed E-state index contributed by atoms with van der Waals surface area (Å²) in [5.41, 5.74) is 5.91. The Kier molecular flexibility index (Phi) is 2.71. The van der Waals surface area contributed by atoms with Gasteiger partial charge in [0.1, 0.15) is 5.15 Å². The predicted octanol–water partition coefficient (Wildman–Crippen LogP) is 1.95. The van der Waals surface area contributed by atoms with Crippen molar-refractivity contribution in [2.75, 3.05) is 11.9 Å². The smallest absolute Gasteiger partial charge is 0.184 e. The predicted molar refractivity (Wildman–Crippen MR) is 56.3 cm³/mol. The second-order valence-corrected chi connectivity index (χ2v) is 4.60. The zero-order chi connectivity index (χ0) is 9.26. The zero-order valence-electron chi connectivity index (χ0n) is 7.16. The van der Waals surface area contributed by atoms with Crippen molar-refractivity contribution < 1.29 is 0 Å². The van der Waals surface area contributed by atoms with Crippen molar-refractivity contribution in [2.24, 2.45) is 11.7 Å². The fourth-order valence-electron chi connectivity index (χ4n) is 1.23. The molecule has 5 heteroatoms. The zero-order valence-corrected chi connectivity index (χ0v) is 8.74. The van der Waals surface area contributed by atoms with Gasteiger partial charge in [0.2, 0.25) is 0 Å². The molecule has 0 saturated heterocycles.